The van der Waals surface area contributed by atoms with Crippen LogP contribution in [0.25, 0.3) is 6.08 Å². The second-order valence-corrected chi connectivity index (χ2v) is 5.96. The molecule has 3 rings (SSSR count). The molecule has 134 valence electrons. The molecular weight excluding hydrogens is 350 g/mol. The molecule has 0 aliphatic carbocycles. The Hall–Kier alpha value is -3.26. The van der Waals surface area contributed by atoms with Gasteiger partial charge in [-0.2, -0.15) is 0 Å². The number of aromatic nitrogens is 3. The van der Waals surface area contributed by atoms with Gasteiger partial charge in [0.05, 0.1) is 11.4 Å². The Bertz CT molecular complexity index is 871. The summed E-state index contributed by atoms with van der Waals surface area (Å²) in [6.07, 6.45) is 9.12. The SMILES string of the molecule is CNc1nc(/C=C/C(N)=O)cs1.O=Cc1cccn1Cc1ccncc1. The number of pyridine rings is 1. The summed E-state index contributed by atoms with van der Waals surface area (Å²) in [6.45, 7) is 0.712. The number of nitrogens with two attached hydrogens (primary N) is 1. The molecule has 0 aliphatic heterocycles. The monoisotopic (exact) mass is 369 g/mol. The number of aldehydes is 1. The topological polar surface area (TPSA) is 103 Å². The number of carbonyl (C=O) groups excluding carboxylic acids is 2. The molecule has 3 heterocycles. The van der Waals surface area contributed by atoms with E-state index in [-0.39, 0.29) is 0 Å². The first-order valence-corrected chi connectivity index (χ1v) is 8.60. The lowest BCUT2D eigenvalue weighted by Crippen LogP contribution is -2.05. The fraction of sp³-hybridized carbons (Fsp3) is 0.111. The summed E-state index contributed by atoms with van der Waals surface area (Å²) in [6, 6.07) is 7.54. The minimum atomic E-state index is -0.464. The molecule has 8 heteroatoms. The third kappa shape index (κ3) is 5.99. The highest BCUT2D eigenvalue weighted by Gasteiger charge is 1.99. The number of nitrogens with one attached hydrogen (secondary N) is 1. The molecule has 3 N–H and O–H groups in total. The number of anilines is 1. The largest absolute Gasteiger partial charge is 0.366 e. The molecule has 0 radical (unpaired) electrons. The van der Waals surface area contributed by atoms with Crippen LogP contribution < -0.4 is 11.1 Å². The Balaban J connectivity index is 0.000000190. The summed E-state index contributed by atoms with van der Waals surface area (Å²) in [5, 5.41) is 5.55. The van der Waals surface area contributed by atoms with Gasteiger partial charge in [-0.3, -0.25) is 14.6 Å². The fourth-order valence-electron chi connectivity index (χ4n) is 2.01. The van der Waals surface area contributed by atoms with Gasteiger partial charge in [0.25, 0.3) is 0 Å². The Morgan fingerprint density at radius 2 is 2.12 bits per heavy atom. The molecule has 0 spiro atoms. The molecular formula is C18H19N5O2S. The van der Waals surface area contributed by atoms with Gasteiger partial charge in [0.1, 0.15) is 0 Å². The number of carbonyl (C=O) groups is 2. The Kier molecular flexibility index (Phi) is 7.26. The van der Waals surface area contributed by atoms with Crippen molar-refractivity contribution in [3.8, 4) is 0 Å². The molecule has 0 saturated heterocycles. The molecule has 0 aliphatic rings. The van der Waals surface area contributed by atoms with Gasteiger partial charge in [0.15, 0.2) is 11.4 Å². The molecule has 3 aromatic rings. The highest BCUT2D eigenvalue weighted by Crippen LogP contribution is 2.14. The fourth-order valence-corrected chi connectivity index (χ4v) is 2.65. The van der Waals surface area contributed by atoms with E-state index in [1.165, 1.54) is 17.4 Å². The normalized spacial score (nSPS) is 10.2. The lowest BCUT2D eigenvalue weighted by atomic mass is 10.2. The van der Waals surface area contributed by atoms with Crippen LogP contribution in [0.5, 0.6) is 0 Å². The van der Waals surface area contributed by atoms with Crippen LogP contribution in [0.4, 0.5) is 5.13 Å². The maximum Gasteiger partial charge on any atom is 0.241 e. The summed E-state index contributed by atoms with van der Waals surface area (Å²) in [4.78, 5) is 29.0. The van der Waals surface area contributed by atoms with Crippen LogP contribution >= 0.6 is 11.3 Å². The molecule has 3 aromatic heterocycles. The Morgan fingerprint density at radius 3 is 2.73 bits per heavy atom. The molecule has 26 heavy (non-hydrogen) atoms. The van der Waals surface area contributed by atoms with Crippen LogP contribution in [0.1, 0.15) is 21.7 Å². The summed E-state index contributed by atoms with van der Waals surface area (Å²) in [5.74, 6) is -0.464. The van der Waals surface area contributed by atoms with Crippen molar-refractivity contribution in [2.24, 2.45) is 5.73 Å². The van der Waals surface area contributed by atoms with E-state index < -0.39 is 5.91 Å². The number of hydrogen-bond donors (Lipinski definition) is 2. The van der Waals surface area contributed by atoms with Crippen molar-refractivity contribution >= 4 is 34.7 Å². The maximum atomic E-state index is 10.6. The summed E-state index contributed by atoms with van der Waals surface area (Å²) < 4.78 is 1.91. The molecule has 1 amide bonds. The average molecular weight is 369 g/mol. The van der Waals surface area contributed by atoms with E-state index in [0.717, 1.165) is 22.7 Å². The van der Waals surface area contributed by atoms with Crippen molar-refractivity contribution in [3.63, 3.8) is 0 Å². The van der Waals surface area contributed by atoms with Crippen molar-refractivity contribution in [1.82, 2.24) is 14.5 Å². The molecule has 0 unspecified atom stereocenters. The van der Waals surface area contributed by atoms with Gasteiger partial charge in [-0.15, -0.1) is 11.3 Å². The van der Waals surface area contributed by atoms with Crippen molar-refractivity contribution in [3.05, 3.63) is 71.3 Å². The Morgan fingerprint density at radius 1 is 1.35 bits per heavy atom. The zero-order chi connectivity index (χ0) is 18.8. The highest BCUT2D eigenvalue weighted by molar-refractivity contribution is 7.13. The first kappa shape index (κ1) is 19.1. The van der Waals surface area contributed by atoms with E-state index in [9.17, 15) is 9.59 Å². The van der Waals surface area contributed by atoms with Crippen LogP contribution in [-0.2, 0) is 11.3 Å². The van der Waals surface area contributed by atoms with Gasteiger partial charge in [-0.25, -0.2) is 4.98 Å². The van der Waals surface area contributed by atoms with Crippen molar-refractivity contribution in [2.45, 2.75) is 6.54 Å². The van der Waals surface area contributed by atoms with Crippen LogP contribution in [0.2, 0.25) is 0 Å². The molecule has 0 bridgehead atoms. The van der Waals surface area contributed by atoms with Crippen LogP contribution in [-0.4, -0.2) is 33.8 Å². The molecule has 7 nitrogen and oxygen atoms in total. The van der Waals surface area contributed by atoms with E-state index in [1.54, 1.807) is 31.6 Å². The molecule has 0 aromatic carbocycles. The second-order valence-electron chi connectivity index (χ2n) is 5.10. The van der Waals surface area contributed by atoms with Crippen molar-refractivity contribution in [2.75, 3.05) is 12.4 Å². The van der Waals surface area contributed by atoms with E-state index >= 15 is 0 Å². The van der Waals surface area contributed by atoms with Crippen LogP contribution in [0.3, 0.4) is 0 Å². The van der Waals surface area contributed by atoms with Gasteiger partial charge in [-0.1, -0.05) is 0 Å². The van der Waals surface area contributed by atoms with Crippen LogP contribution in [0, 0.1) is 0 Å². The van der Waals surface area contributed by atoms with E-state index in [0.29, 0.717) is 12.2 Å². The summed E-state index contributed by atoms with van der Waals surface area (Å²) in [7, 11) is 1.79. The van der Waals surface area contributed by atoms with Gasteiger partial charge in [0.2, 0.25) is 5.91 Å². The lowest BCUT2D eigenvalue weighted by Gasteiger charge is -2.04. The van der Waals surface area contributed by atoms with Crippen LogP contribution in [0.15, 0.2) is 54.3 Å². The molecule has 0 saturated carbocycles. The van der Waals surface area contributed by atoms with Crippen molar-refractivity contribution in [1.29, 1.82) is 0 Å². The van der Waals surface area contributed by atoms with E-state index in [2.05, 4.69) is 15.3 Å². The van der Waals surface area contributed by atoms with E-state index in [1.807, 2.05) is 34.3 Å². The quantitative estimate of drug-likeness (QED) is 0.513. The molecule has 0 atom stereocenters. The maximum absolute atomic E-state index is 10.6. The average Bonchev–Trinajstić information content (AvgIpc) is 3.30. The predicted molar refractivity (Wildman–Crippen MR) is 103 cm³/mol. The first-order chi connectivity index (χ1) is 12.6. The Labute approximate surface area is 155 Å². The lowest BCUT2D eigenvalue weighted by molar-refractivity contribution is -0.113. The number of rotatable bonds is 6. The predicted octanol–water partition coefficient (Wildman–Crippen LogP) is 2.43. The summed E-state index contributed by atoms with van der Waals surface area (Å²) >= 11 is 1.48. The van der Waals surface area contributed by atoms with Gasteiger partial charge >= 0.3 is 0 Å². The van der Waals surface area contributed by atoms with Crippen molar-refractivity contribution < 1.29 is 9.59 Å². The van der Waals surface area contributed by atoms with E-state index in [4.69, 9.17) is 5.73 Å². The highest BCUT2D eigenvalue weighted by atomic mass is 32.1. The second kappa shape index (κ2) is 9.90. The van der Waals surface area contributed by atoms with Gasteiger partial charge in [-0.05, 0) is 35.9 Å². The third-order valence-electron chi connectivity index (χ3n) is 3.24. The number of amides is 1. The summed E-state index contributed by atoms with van der Waals surface area (Å²) in [5.41, 5.74) is 7.49. The number of hydrogen-bond acceptors (Lipinski definition) is 6. The minimum Gasteiger partial charge on any atom is -0.366 e. The molecule has 0 fully saturated rings. The van der Waals surface area contributed by atoms with Gasteiger partial charge in [0, 0.05) is 43.6 Å². The first-order valence-electron chi connectivity index (χ1n) is 7.72. The van der Waals surface area contributed by atoms with Gasteiger partial charge < -0.3 is 15.6 Å². The minimum absolute atomic E-state index is 0.464. The zero-order valence-electron chi connectivity index (χ0n) is 14.2. The third-order valence-corrected chi connectivity index (χ3v) is 4.12. The number of thiazole rings is 1. The number of nitrogens with zero attached hydrogens (tertiary/aromatic N) is 3. The standard InChI is InChI=1S/C11H10N2O.C7H9N3OS/c14-9-11-2-1-7-13(11)8-10-3-5-12-6-4-10;1-9-7-10-5(4-12-7)2-3-6(8)11/h1-7,9H,8H2;2-4H,1H3,(H2,8,11)(H,9,10)/b;3-2+. The number of primary amides is 1. The smallest absolute Gasteiger partial charge is 0.241 e. The zero-order valence-corrected chi connectivity index (χ0v) is 15.0.